The Morgan fingerprint density at radius 2 is 1.78 bits per heavy atom. The van der Waals surface area contributed by atoms with Gasteiger partial charge in [-0.2, -0.15) is 0 Å². The average Bonchev–Trinajstić information content (AvgIpc) is 2.86. The molecule has 1 heterocycles. The van der Waals surface area contributed by atoms with E-state index in [1.165, 1.54) is 14.2 Å². The summed E-state index contributed by atoms with van der Waals surface area (Å²) in [7, 11) is 2.97. The van der Waals surface area contributed by atoms with Crippen LogP contribution in [-0.2, 0) is 4.74 Å². The van der Waals surface area contributed by atoms with Crippen LogP contribution in [0.25, 0.3) is 0 Å². The highest BCUT2D eigenvalue weighted by atomic mass is 35.5. The standard InChI is InChI=1S/C16H13Cl2NO4/c1-21-11-7-6-8-12(14(11)22-2)16(20)23-15(8)19-13-9(17)4-3-5-10(13)18/h3-7,15,19H,1-2H3. The number of para-hydroxylation sites is 1. The van der Waals surface area contributed by atoms with E-state index in [-0.39, 0.29) is 0 Å². The highest BCUT2D eigenvalue weighted by molar-refractivity contribution is 6.39. The summed E-state index contributed by atoms with van der Waals surface area (Å²) >= 11 is 12.3. The van der Waals surface area contributed by atoms with Gasteiger partial charge < -0.3 is 19.5 Å². The van der Waals surface area contributed by atoms with Gasteiger partial charge in [-0.3, -0.25) is 0 Å². The molecule has 0 radical (unpaired) electrons. The molecule has 2 aromatic carbocycles. The van der Waals surface area contributed by atoms with Gasteiger partial charge in [0.05, 0.1) is 30.0 Å². The van der Waals surface area contributed by atoms with Gasteiger partial charge in [0.25, 0.3) is 0 Å². The van der Waals surface area contributed by atoms with Gasteiger partial charge >= 0.3 is 5.97 Å². The van der Waals surface area contributed by atoms with Crippen LogP contribution in [0, 0.1) is 0 Å². The van der Waals surface area contributed by atoms with Crippen LogP contribution >= 0.6 is 23.2 Å². The Morgan fingerprint density at radius 1 is 1.09 bits per heavy atom. The van der Waals surface area contributed by atoms with Crippen molar-refractivity contribution < 1.29 is 19.0 Å². The Morgan fingerprint density at radius 3 is 2.39 bits per heavy atom. The normalized spacial score (nSPS) is 15.8. The second-order valence-electron chi connectivity index (χ2n) is 4.79. The number of carbonyl (C=O) groups excluding carboxylic acids is 1. The van der Waals surface area contributed by atoms with E-state index in [2.05, 4.69) is 5.32 Å². The molecular formula is C16H13Cl2NO4. The Bertz CT molecular complexity index is 759. The summed E-state index contributed by atoms with van der Waals surface area (Å²) in [4.78, 5) is 12.2. The zero-order valence-electron chi connectivity index (χ0n) is 12.4. The van der Waals surface area contributed by atoms with E-state index in [1.54, 1.807) is 30.3 Å². The molecule has 5 nitrogen and oxygen atoms in total. The highest BCUT2D eigenvalue weighted by Gasteiger charge is 2.36. The number of anilines is 1. The summed E-state index contributed by atoms with van der Waals surface area (Å²) in [6, 6.07) is 8.58. The molecule has 0 spiro atoms. The molecule has 3 rings (SSSR count). The van der Waals surface area contributed by atoms with Gasteiger partial charge in [0, 0.05) is 5.56 Å². The molecular weight excluding hydrogens is 341 g/mol. The van der Waals surface area contributed by atoms with Crippen molar-refractivity contribution in [3.8, 4) is 11.5 Å². The molecule has 0 amide bonds. The molecule has 1 aliphatic heterocycles. The molecule has 0 fully saturated rings. The smallest absolute Gasteiger partial charge is 0.344 e. The summed E-state index contributed by atoms with van der Waals surface area (Å²) < 4.78 is 15.9. The molecule has 0 saturated carbocycles. The number of halogens is 2. The quantitative estimate of drug-likeness (QED) is 0.830. The number of ether oxygens (including phenoxy) is 3. The van der Waals surface area contributed by atoms with Crippen LogP contribution in [0.1, 0.15) is 22.1 Å². The summed E-state index contributed by atoms with van der Waals surface area (Å²) in [6.45, 7) is 0. The Hall–Kier alpha value is -2.11. The Labute approximate surface area is 143 Å². The number of carbonyl (C=O) groups is 1. The first kappa shape index (κ1) is 15.8. The number of hydrogen-bond acceptors (Lipinski definition) is 5. The van der Waals surface area contributed by atoms with Crippen LogP contribution in [0.4, 0.5) is 5.69 Å². The van der Waals surface area contributed by atoms with Gasteiger partial charge in [0.1, 0.15) is 5.56 Å². The summed E-state index contributed by atoms with van der Waals surface area (Å²) in [5, 5.41) is 3.92. The summed E-state index contributed by atoms with van der Waals surface area (Å²) in [5.41, 5.74) is 1.45. The fourth-order valence-electron chi connectivity index (χ4n) is 2.47. The van der Waals surface area contributed by atoms with Crippen molar-refractivity contribution in [2.75, 3.05) is 19.5 Å². The molecule has 120 valence electrons. The summed E-state index contributed by atoms with van der Waals surface area (Å²) in [6.07, 6.45) is -0.713. The Kier molecular flexibility index (Phi) is 4.24. The maximum atomic E-state index is 12.2. The first-order chi connectivity index (χ1) is 11.1. The lowest BCUT2D eigenvalue weighted by molar-refractivity contribution is 0.0435. The van der Waals surface area contributed by atoms with E-state index in [0.29, 0.717) is 38.4 Å². The predicted molar refractivity (Wildman–Crippen MR) is 87.8 cm³/mol. The molecule has 1 aliphatic rings. The highest BCUT2D eigenvalue weighted by Crippen LogP contribution is 2.43. The van der Waals surface area contributed by atoms with Crippen LogP contribution in [0.5, 0.6) is 11.5 Å². The van der Waals surface area contributed by atoms with Crippen LogP contribution < -0.4 is 14.8 Å². The summed E-state index contributed by atoms with van der Waals surface area (Å²) in [5.74, 6) is 0.292. The topological polar surface area (TPSA) is 56.8 Å². The van der Waals surface area contributed by atoms with E-state index in [1.807, 2.05) is 0 Å². The molecule has 1 unspecified atom stereocenters. The molecule has 0 aliphatic carbocycles. The van der Waals surface area contributed by atoms with Crippen LogP contribution in [-0.4, -0.2) is 20.2 Å². The predicted octanol–water partition coefficient (Wildman–Crippen LogP) is 4.29. The minimum absolute atomic E-state index is 0.326. The third kappa shape index (κ3) is 2.66. The zero-order valence-corrected chi connectivity index (χ0v) is 13.9. The molecule has 0 aromatic heterocycles. The lowest BCUT2D eigenvalue weighted by Crippen LogP contribution is -2.11. The number of nitrogens with one attached hydrogen (secondary N) is 1. The van der Waals surface area contributed by atoms with Gasteiger partial charge in [-0.25, -0.2) is 4.79 Å². The van der Waals surface area contributed by atoms with Gasteiger partial charge in [-0.05, 0) is 24.3 Å². The molecule has 0 bridgehead atoms. The maximum Gasteiger partial charge on any atom is 0.344 e. The van der Waals surface area contributed by atoms with Gasteiger partial charge in [-0.1, -0.05) is 29.3 Å². The van der Waals surface area contributed by atoms with E-state index in [4.69, 9.17) is 37.4 Å². The second-order valence-corrected chi connectivity index (χ2v) is 5.61. The van der Waals surface area contributed by atoms with Crippen molar-refractivity contribution >= 4 is 34.9 Å². The number of methoxy groups -OCH3 is 2. The van der Waals surface area contributed by atoms with E-state index >= 15 is 0 Å². The number of hydrogen-bond donors (Lipinski definition) is 1. The Balaban J connectivity index is 2.02. The van der Waals surface area contributed by atoms with Crippen LogP contribution in [0.2, 0.25) is 10.0 Å². The number of esters is 1. The van der Waals surface area contributed by atoms with Crippen molar-refractivity contribution in [2.45, 2.75) is 6.23 Å². The first-order valence-electron chi connectivity index (χ1n) is 6.73. The molecule has 7 heteroatoms. The number of benzene rings is 2. The first-order valence-corrected chi connectivity index (χ1v) is 7.48. The molecule has 23 heavy (non-hydrogen) atoms. The van der Waals surface area contributed by atoms with Crippen molar-refractivity contribution in [1.82, 2.24) is 0 Å². The zero-order chi connectivity index (χ0) is 16.6. The third-order valence-electron chi connectivity index (χ3n) is 3.53. The second kappa shape index (κ2) is 6.18. The van der Waals surface area contributed by atoms with Crippen molar-refractivity contribution in [3.05, 3.63) is 51.5 Å². The number of fused-ring (bicyclic) bond motifs is 1. The van der Waals surface area contributed by atoms with E-state index < -0.39 is 12.2 Å². The largest absolute Gasteiger partial charge is 0.493 e. The third-order valence-corrected chi connectivity index (χ3v) is 4.16. The van der Waals surface area contributed by atoms with Gasteiger partial charge in [0.15, 0.2) is 11.5 Å². The SMILES string of the molecule is COc1ccc2c(c1OC)C(=O)OC2Nc1c(Cl)cccc1Cl. The fraction of sp³-hybridized carbons (Fsp3) is 0.188. The van der Waals surface area contributed by atoms with Gasteiger partial charge in [-0.15, -0.1) is 0 Å². The minimum Gasteiger partial charge on any atom is -0.493 e. The maximum absolute atomic E-state index is 12.2. The fourth-order valence-corrected chi connectivity index (χ4v) is 2.98. The monoisotopic (exact) mass is 353 g/mol. The van der Waals surface area contributed by atoms with E-state index in [9.17, 15) is 4.79 Å². The van der Waals surface area contributed by atoms with Crippen molar-refractivity contribution in [2.24, 2.45) is 0 Å². The van der Waals surface area contributed by atoms with Crippen LogP contribution in [0.15, 0.2) is 30.3 Å². The lowest BCUT2D eigenvalue weighted by Gasteiger charge is -2.17. The average molecular weight is 354 g/mol. The number of cyclic esters (lactones) is 1. The molecule has 1 N–H and O–H groups in total. The molecule has 1 atom stereocenters. The number of rotatable bonds is 4. The lowest BCUT2D eigenvalue weighted by atomic mass is 10.1. The van der Waals surface area contributed by atoms with Crippen molar-refractivity contribution in [1.29, 1.82) is 0 Å². The van der Waals surface area contributed by atoms with Gasteiger partial charge in [0.2, 0.25) is 6.23 Å². The molecule has 2 aromatic rings. The molecule has 0 saturated heterocycles. The van der Waals surface area contributed by atoms with Crippen molar-refractivity contribution in [3.63, 3.8) is 0 Å². The van der Waals surface area contributed by atoms with Crippen LogP contribution in [0.3, 0.4) is 0 Å². The van der Waals surface area contributed by atoms with E-state index in [0.717, 1.165) is 0 Å². The minimum atomic E-state index is -0.713.